The third-order valence-corrected chi connectivity index (χ3v) is 12.0. The van der Waals surface area contributed by atoms with E-state index in [0.717, 1.165) is 50.9 Å². The van der Waals surface area contributed by atoms with Gasteiger partial charge in [-0.3, -0.25) is 0 Å². The summed E-state index contributed by atoms with van der Waals surface area (Å²) in [5.74, 6) is 0. The normalized spacial score (nSPS) is 26.1. The Morgan fingerprint density at radius 1 is 1.33 bits per heavy atom. The SMILES string of the molecule is C=C(/C=C(/C(F)F)C(C)(C)[C@@H](C)N(C)[I-]CN)NC1C2=C(CC[N+]([O-])(CC)C2)N(C2CCN(CCCCO)CC2)N1C. The zero-order chi connectivity index (χ0) is 31.2. The number of hydrogen-bond acceptors (Lipinski definition) is 8. The number of hydroxylamine groups is 3. The van der Waals surface area contributed by atoms with E-state index in [1.54, 1.807) is 0 Å². The fourth-order valence-electron chi connectivity index (χ4n) is 6.59. The molecule has 0 aromatic carbocycles. The maximum absolute atomic E-state index is 14.5. The second-order valence-electron chi connectivity index (χ2n) is 12.6. The van der Waals surface area contributed by atoms with Crippen molar-refractivity contribution in [1.82, 2.24) is 23.3 Å². The number of halogens is 3. The van der Waals surface area contributed by atoms with Crippen molar-refractivity contribution in [3.63, 3.8) is 0 Å². The van der Waals surface area contributed by atoms with E-state index >= 15 is 0 Å². The van der Waals surface area contributed by atoms with E-state index < -0.39 is 33.3 Å². The number of likely N-dealkylation sites (tertiary alicyclic amines) is 1. The van der Waals surface area contributed by atoms with Crippen LogP contribution in [-0.2, 0) is 0 Å². The number of aliphatic hydroxyl groups is 1. The van der Waals surface area contributed by atoms with Gasteiger partial charge >= 0.3 is 208 Å². The summed E-state index contributed by atoms with van der Waals surface area (Å²) in [5.41, 5.74) is 7.73. The van der Waals surface area contributed by atoms with Crippen LogP contribution in [0.3, 0.4) is 0 Å². The average Bonchev–Trinajstić information content (AvgIpc) is 3.21. The summed E-state index contributed by atoms with van der Waals surface area (Å²) in [4.78, 5) is 2.47. The zero-order valence-electron chi connectivity index (χ0n) is 26.6. The molecule has 12 heteroatoms. The number of unbranched alkanes of at least 4 members (excludes halogenated alkanes) is 1. The van der Waals surface area contributed by atoms with Gasteiger partial charge in [0.25, 0.3) is 0 Å². The molecule has 9 nitrogen and oxygen atoms in total. The van der Waals surface area contributed by atoms with Crippen molar-refractivity contribution in [3.8, 4) is 0 Å². The zero-order valence-corrected chi connectivity index (χ0v) is 28.7. The number of rotatable bonds is 15. The van der Waals surface area contributed by atoms with Crippen LogP contribution in [0.1, 0.15) is 59.8 Å². The molecular weight excluding hydrogens is 655 g/mol. The Hall–Kier alpha value is -0.870. The molecule has 42 heavy (non-hydrogen) atoms. The van der Waals surface area contributed by atoms with Crippen LogP contribution >= 0.6 is 0 Å². The molecule has 0 amide bonds. The standard InChI is InChI=1S/C30H55F2IN7O2/c1-8-40(42)17-13-27-25(20-40)29(37(7)39(27)24-11-15-38(16-12-24)14-9-10-18-41)35-22(2)19-26(28(31)32)30(4,5)23(3)36(6)33-21-34/h19,23-24,28-29,35,41H,2,8-18,20-21,34H2,1,3-7H3/q-1/b26-19-/t23-,29?,40?/m1/s1. The number of nitrogens with one attached hydrogen (secondary N) is 1. The molecule has 1 saturated heterocycles. The molecule has 3 rings (SSSR count). The van der Waals surface area contributed by atoms with Crippen molar-refractivity contribution in [3.05, 3.63) is 40.4 Å². The number of likely N-dealkylation sites (N-methyl/N-ethyl adjacent to an activating group) is 2. The molecule has 244 valence electrons. The number of alkyl halides is 3. The Kier molecular flexibility index (Phi) is 13.1. The number of nitrogens with two attached hydrogens (primary N) is 1. The van der Waals surface area contributed by atoms with Crippen LogP contribution in [0.15, 0.2) is 35.2 Å². The van der Waals surface area contributed by atoms with Crippen molar-refractivity contribution >= 4 is 0 Å². The Morgan fingerprint density at radius 2 is 2.00 bits per heavy atom. The Balaban J connectivity index is 1.83. The molecule has 0 aromatic heterocycles. The van der Waals surface area contributed by atoms with E-state index in [0.29, 0.717) is 42.3 Å². The molecule has 1 fully saturated rings. The number of quaternary nitrogens is 1. The summed E-state index contributed by atoms with van der Waals surface area (Å²) in [6.07, 6.45) is 3.16. The number of aliphatic hydroxyl groups excluding tert-OH is 1. The molecule has 0 saturated carbocycles. The van der Waals surface area contributed by atoms with Gasteiger partial charge in [-0.05, 0) is 26.3 Å². The summed E-state index contributed by atoms with van der Waals surface area (Å²) in [6.45, 7) is 16.5. The third-order valence-electron chi connectivity index (χ3n) is 9.73. The minimum atomic E-state index is -2.62. The molecule has 0 radical (unpaired) electrons. The second kappa shape index (κ2) is 15.4. The van der Waals surface area contributed by atoms with Gasteiger partial charge in [0.1, 0.15) is 0 Å². The summed E-state index contributed by atoms with van der Waals surface area (Å²) >= 11 is -0.427. The second-order valence-corrected chi connectivity index (χ2v) is 15.7. The maximum atomic E-state index is 14.5. The van der Waals surface area contributed by atoms with Crippen molar-refractivity contribution in [1.29, 1.82) is 0 Å². The van der Waals surface area contributed by atoms with Crippen LogP contribution in [0.4, 0.5) is 8.78 Å². The van der Waals surface area contributed by atoms with E-state index in [2.05, 4.69) is 29.9 Å². The molecule has 3 heterocycles. The van der Waals surface area contributed by atoms with Gasteiger partial charge in [-0.2, -0.15) is 0 Å². The number of hydrazine groups is 1. The van der Waals surface area contributed by atoms with Gasteiger partial charge in [-0.15, -0.1) is 0 Å². The van der Waals surface area contributed by atoms with Crippen molar-refractivity contribution < 1.29 is 40.0 Å². The van der Waals surface area contributed by atoms with E-state index in [4.69, 9.17) is 10.8 Å². The first-order valence-corrected chi connectivity index (χ1v) is 17.9. The number of nitrogens with zero attached hydrogens (tertiary/aromatic N) is 5. The van der Waals surface area contributed by atoms with Gasteiger partial charge in [-0.1, -0.05) is 0 Å². The van der Waals surface area contributed by atoms with Crippen LogP contribution in [0.2, 0.25) is 0 Å². The van der Waals surface area contributed by atoms with Crippen molar-refractivity contribution in [2.75, 3.05) is 64.5 Å². The predicted molar refractivity (Wildman–Crippen MR) is 161 cm³/mol. The molecule has 0 bridgehead atoms. The average molecular weight is 711 g/mol. The fourth-order valence-corrected chi connectivity index (χ4v) is 8.50. The first-order valence-electron chi connectivity index (χ1n) is 15.4. The van der Waals surface area contributed by atoms with Gasteiger partial charge in [0.15, 0.2) is 0 Å². The molecule has 2 unspecified atom stereocenters. The molecule has 3 aliphatic heterocycles. The van der Waals surface area contributed by atoms with Gasteiger partial charge in [0, 0.05) is 19.7 Å². The Labute approximate surface area is 263 Å². The topological polar surface area (TPSA) is 94.3 Å². The van der Waals surface area contributed by atoms with E-state index in [1.807, 2.05) is 41.8 Å². The van der Waals surface area contributed by atoms with Crippen LogP contribution < -0.4 is 32.5 Å². The van der Waals surface area contributed by atoms with Crippen LogP contribution in [0, 0.1) is 10.6 Å². The monoisotopic (exact) mass is 710 g/mol. The number of hydrogen-bond donors (Lipinski definition) is 3. The number of allylic oxidation sites excluding steroid dienone is 1. The molecule has 4 N–H and O–H groups in total. The summed E-state index contributed by atoms with van der Waals surface area (Å²) < 4.78 is 31.5. The van der Waals surface area contributed by atoms with Crippen LogP contribution in [0.25, 0.3) is 0 Å². The van der Waals surface area contributed by atoms with Crippen molar-refractivity contribution in [2.24, 2.45) is 11.1 Å². The van der Waals surface area contributed by atoms with Gasteiger partial charge in [-0.25, -0.2) is 0 Å². The first-order chi connectivity index (χ1) is 19.8. The fraction of sp³-hybridized carbons (Fsp3) is 0.800. The van der Waals surface area contributed by atoms with E-state index in [9.17, 15) is 14.0 Å². The molecule has 0 spiro atoms. The van der Waals surface area contributed by atoms with E-state index in [-0.39, 0.29) is 29.0 Å². The summed E-state index contributed by atoms with van der Waals surface area (Å²) in [7, 11) is 4.00. The minimum absolute atomic E-state index is 0.0480. The molecular formula is C30H55F2IN7O2-. The Morgan fingerprint density at radius 3 is 2.57 bits per heavy atom. The summed E-state index contributed by atoms with van der Waals surface area (Å²) in [5, 5.41) is 30.6. The summed E-state index contributed by atoms with van der Waals surface area (Å²) in [6, 6.07) is 0.201. The van der Waals surface area contributed by atoms with Crippen molar-refractivity contribution in [2.45, 2.75) is 84.5 Å². The van der Waals surface area contributed by atoms with Gasteiger partial charge in [0.05, 0.1) is 0 Å². The predicted octanol–water partition coefficient (Wildman–Crippen LogP) is 0.266. The molecule has 3 atom stereocenters. The molecule has 0 aromatic rings. The first kappa shape index (κ1) is 35.6. The molecule has 3 aliphatic rings. The quantitative estimate of drug-likeness (QED) is 0.0326. The molecule has 0 aliphatic carbocycles. The van der Waals surface area contributed by atoms with Gasteiger partial charge < -0.3 is 10.0 Å². The Bertz CT molecular complexity index is 973. The number of piperidine rings is 1. The third kappa shape index (κ3) is 8.23. The van der Waals surface area contributed by atoms with Gasteiger partial charge in [0.2, 0.25) is 0 Å². The van der Waals surface area contributed by atoms with Crippen LogP contribution in [-0.4, -0.2) is 117 Å². The van der Waals surface area contributed by atoms with E-state index in [1.165, 1.54) is 11.8 Å². The van der Waals surface area contributed by atoms with Crippen LogP contribution in [0.5, 0.6) is 0 Å².